The largest absolute Gasteiger partial charge is 0.156 e. The molecule has 2 aromatic carbocycles. The van der Waals surface area contributed by atoms with E-state index < -0.39 is 0 Å². The summed E-state index contributed by atoms with van der Waals surface area (Å²) in [6.07, 6.45) is 0. The van der Waals surface area contributed by atoms with Gasteiger partial charge in [-0.25, -0.2) is 0 Å². The van der Waals surface area contributed by atoms with Gasteiger partial charge in [0, 0.05) is 9.79 Å². The van der Waals surface area contributed by atoms with E-state index in [0.29, 0.717) is 0 Å². The molecule has 0 aromatic heterocycles. The lowest BCUT2D eigenvalue weighted by molar-refractivity contribution is 1.05. The number of thioether (sulfide) groups is 1. The van der Waals surface area contributed by atoms with E-state index in [9.17, 15) is 0 Å². The van der Waals surface area contributed by atoms with Crippen LogP contribution in [0.4, 0.5) is 0 Å². The first-order chi connectivity index (χ1) is 9.58. The summed E-state index contributed by atoms with van der Waals surface area (Å²) in [5, 5.41) is 1.58. The van der Waals surface area contributed by atoms with Crippen LogP contribution < -0.4 is 0 Å². The van der Waals surface area contributed by atoms with Gasteiger partial charge in [-0.15, -0.1) is 0 Å². The van der Waals surface area contributed by atoms with E-state index >= 15 is 0 Å². The topological polar surface area (TPSA) is 0 Å². The van der Waals surface area contributed by atoms with Gasteiger partial charge in [0.1, 0.15) is 0 Å². The third-order valence-electron chi connectivity index (χ3n) is 2.27. The van der Waals surface area contributed by atoms with Crippen LogP contribution in [0.15, 0.2) is 70.5 Å². The van der Waals surface area contributed by atoms with Crippen molar-refractivity contribution in [1.29, 1.82) is 0 Å². The SMILES string of the molecule is CC(C)SC(C)C.c1ccc(Sc2ccccc2)cc1. The molecule has 0 nitrogen and oxygen atoms in total. The molecule has 0 aliphatic heterocycles. The fourth-order valence-corrected chi connectivity index (χ4v) is 3.60. The second-order valence-electron chi connectivity index (χ2n) is 4.96. The zero-order valence-corrected chi connectivity index (χ0v) is 14.4. The molecule has 0 aliphatic carbocycles. The molecule has 0 saturated heterocycles. The maximum Gasteiger partial charge on any atom is 0.0122 e. The van der Waals surface area contributed by atoms with Crippen molar-refractivity contribution in [2.75, 3.05) is 0 Å². The summed E-state index contributed by atoms with van der Waals surface area (Å²) in [6, 6.07) is 20.8. The van der Waals surface area contributed by atoms with E-state index in [2.05, 4.69) is 76.2 Å². The summed E-state index contributed by atoms with van der Waals surface area (Å²) < 4.78 is 0. The summed E-state index contributed by atoms with van der Waals surface area (Å²) >= 11 is 3.80. The van der Waals surface area contributed by atoms with Crippen molar-refractivity contribution in [3.63, 3.8) is 0 Å². The molecule has 0 N–H and O–H groups in total. The van der Waals surface area contributed by atoms with E-state index in [0.717, 1.165) is 10.5 Å². The second kappa shape index (κ2) is 9.95. The third-order valence-corrected chi connectivity index (χ3v) is 4.37. The molecule has 0 heterocycles. The highest BCUT2D eigenvalue weighted by Gasteiger charge is 1.95. The Morgan fingerprint density at radius 3 is 1.20 bits per heavy atom. The van der Waals surface area contributed by atoms with Crippen LogP contribution in [0.3, 0.4) is 0 Å². The van der Waals surface area contributed by atoms with Crippen LogP contribution in [0, 0.1) is 0 Å². The molecule has 0 fully saturated rings. The van der Waals surface area contributed by atoms with Gasteiger partial charge in [0.2, 0.25) is 0 Å². The highest BCUT2D eigenvalue weighted by molar-refractivity contribution is 8.00. The van der Waals surface area contributed by atoms with Crippen LogP contribution in [0.2, 0.25) is 0 Å². The molecule has 20 heavy (non-hydrogen) atoms. The average Bonchev–Trinajstić information content (AvgIpc) is 2.40. The Hall–Kier alpha value is -0.860. The van der Waals surface area contributed by atoms with Crippen LogP contribution in [0.25, 0.3) is 0 Å². The molecule has 0 bridgehead atoms. The lowest BCUT2D eigenvalue weighted by Gasteiger charge is -2.05. The standard InChI is InChI=1S/C12H10S.C6H14S/c1-3-7-11(8-4-1)13-12-9-5-2-6-10-12;1-5(2)7-6(3)4/h1-10H;5-6H,1-4H3. The smallest absolute Gasteiger partial charge is 0.0122 e. The van der Waals surface area contributed by atoms with Gasteiger partial charge < -0.3 is 0 Å². The summed E-state index contributed by atoms with van der Waals surface area (Å²) in [5.41, 5.74) is 0. The minimum Gasteiger partial charge on any atom is -0.156 e. The lowest BCUT2D eigenvalue weighted by atomic mass is 10.4. The first kappa shape index (κ1) is 17.2. The Morgan fingerprint density at radius 2 is 0.950 bits per heavy atom. The molecule has 0 spiro atoms. The van der Waals surface area contributed by atoms with E-state index in [4.69, 9.17) is 0 Å². The first-order valence-corrected chi connectivity index (χ1v) is 8.77. The van der Waals surface area contributed by atoms with Crippen LogP contribution in [-0.2, 0) is 0 Å². The molecular formula is C18H24S2. The van der Waals surface area contributed by atoms with Gasteiger partial charge in [0.15, 0.2) is 0 Å². The summed E-state index contributed by atoms with van der Waals surface area (Å²) in [7, 11) is 0. The molecule has 108 valence electrons. The highest BCUT2D eigenvalue weighted by atomic mass is 32.2. The highest BCUT2D eigenvalue weighted by Crippen LogP contribution is 2.26. The van der Waals surface area contributed by atoms with Gasteiger partial charge >= 0.3 is 0 Å². The fraction of sp³-hybridized carbons (Fsp3) is 0.333. The monoisotopic (exact) mass is 304 g/mol. The summed E-state index contributed by atoms with van der Waals surface area (Å²) in [6.45, 7) is 8.91. The Morgan fingerprint density at radius 1 is 0.600 bits per heavy atom. The van der Waals surface area contributed by atoms with Crippen molar-refractivity contribution in [3.05, 3.63) is 60.7 Å². The molecule has 2 rings (SSSR count). The molecular weight excluding hydrogens is 280 g/mol. The molecule has 0 unspecified atom stereocenters. The molecule has 2 aromatic rings. The molecule has 0 aliphatic rings. The maximum absolute atomic E-state index is 2.23. The van der Waals surface area contributed by atoms with Crippen molar-refractivity contribution < 1.29 is 0 Å². The van der Waals surface area contributed by atoms with E-state index in [1.54, 1.807) is 11.8 Å². The van der Waals surface area contributed by atoms with Crippen molar-refractivity contribution in [2.24, 2.45) is 0 Å². The van der Waals surface area contributed by atoms with Gasteiger partial charge in [-0.2, -0.15) is 11.8 Å². The predicted molar refractivity (Wildman–Crippen MR) is 94.9 cm³/mol. The number of benzene rings is 2. The molecule has 0 atom stereocenters. The van der Waals surface area contributed by atoms with E-state index in [1.807, 2.05) is 23.9 Å². The number of hydrogen-bond donors (Lipinski definition) is 0. The Bertz CT molecular complexity index is 406. The Kier molecular flexibility index (Phi) is 8.56. The van der Waals surface area contributed by atoms with Crippen LogP contribution in [0.5, 0.6) is 0 Å². The zero-order valence-electron chi connectivity index (χ0n) is 12.7. The van der Waals surface area contributed by atoms with Crippen LogP contribution in [-0.4, -0.2) is 10.5 Å². The molecule has 0 radical (unpaired) electrons. The lowest BCUT2D eigenvalue weighted by Crippen LogP contribution is -1.94. The van der Waals surface area contributed by atoms with Gasteiger partial charge in [-0.05, 0) is 34.8 Å². The third kappa shape index (κ3) is 8.34. The Balaban J connectivity index is 0.000000246. The quantitative estimate of drug-likeness (QED) is 0.643. The van der Waals surface area contributed by atoms with Gasteiger partial charge in [0.25, 0.3) is 0 Å². The summed E-state index contributed by atoms with van der Waals surface area (Å²) in [4.78, 5) is 2.57. The van der Waals surface area contributed by atoms with Crippen LogP contribution >= 0.6 is 23.5 Å². The number of rotatable bonds is 4. The van der Waals surface area contributed by atoms with Crippen molar-refractivity contribution in [3.8, 4) is 0 Å². The fourth-order valence-electron chi connectivity index (χ4n) is 1.66. The van der Waals surface area contributed by atoms with Crippen molar-refractivity contribution >= 4 is 23.5 Å². The number of hydrogen-bond acceptors (Lipinski definition) is 2. The van der Waals surface area contributed by atoms with Gasteiger partial charge in [-0.3, -0.25) is 0 Å². The van der Waals surface area contributed by atoms with E-state index in [1.165, 1.54) is 9.79 Å². The average molecular weight is 305 g/mol. The summed E-state index contributed by atoms with van der Waals surface area (Å²) in [5.74, 6) is 0. The Labute approximate surface area is 132 Å². The maximum atomic E-state index is 2.23. The second-order valence-corrected chi connectivity index (χ2v) is 8.27. The van der Waals surface area contributed by atoms with Gasteiger partial charge in [0.05, 0.1) is 0 Å². The molecule has 0 saturated carbocycles. The van der Waals surface area contributed by atoms with Crippen molar-refractivity contribution in [1.82, 2.24) is 0 Å². The normalized spacial score (nSPS) is 10.3. The molecule has 0 amide bonds. The zero-order chi connectivity index (χ0) is 14.8. The van der Waals surface area contributed by atoms with E-state index in [-0.39, 0.29) is 0 Å². The van der Waals surface area contributed by atoms with Crippen LogP contribution in [0.1, 0.15) is 27.7 Å². The van der Waals surface area contributed by atoms with Gasteiger partial charge in [-0.1, -0.05) is 75.9 Å². The van der Waals surface area contributed by atoms with Crippen molar-refractivity contribution in [2.45, 2.75) is 48.0 Å². The molecule has 2 heteroatoms. The minimum atomic E-state index is 0.792. The minimum absolute atomic E-state index is 0.792. The predicted octanol–water partition coefficient (Wildman–Crippen LogP) is 6.37. The first-order valence-electron chi connectivity index (χ1n) is 7.01.